The predicted molar refractivity (Wildman–Crippen MR) is 137 cm³/mol. The molecule has 2 fully saturated rings. The molecule has 2 aliphatic rings. The molecule has 1 aromatic rings. The smallest absolute Gasteiger partial charge is 0.351 e. The number of aliphatic hydroxyl groups is 1. The summed E-state index contributed by atoms with van der Waals surface area (Å²) in [5.41, 5.74) is -0.0794. The van der Waals surface area contributed by atoms with E-state index in [1.54, 1.807) is 0 Å². The summed E-state index contributed by atoms with van der Waals surface area (Å²) in [5, 5.41) is 13.8. The van der Waals surface area contributed by atoms with Gasteiger partial charge in [-0.3, -0.25) is 9.36 Å². The fourth-order valence-corrected chi connectivity index (χ4v) is 16.4. The highest BCUT2D eigenvalue weighted by Gasteiger charge is 2.61. The molecule has 0 radical (unpaired) electrons. The summed E-state index contributed by atoms with van der Waals surface area (Å²) < 4.78 is 28.1. The fourth-order valence-electron chi connectivity index (χ4n) is 5.22. The third-order valence-corrected chi connectivity index (χ3v) is 17.3. The van der Waals surface area contributed by atoms with E-state index in [0.717, 1.165) is 0 Å². The van der Waals surface area contributed by atoms with Crippen LogP contribution in [0.3, 0.4) is 0 Å². The van der Waals surface area contributed by atoms with E-state index in [4.69, 9.17) is 17.7 Å². The normalized spacial score (nSPS) is 28.3. The molecule has 3 rings (SSSR count). The third kappa shape index (κ3) is 5.20. The number of hydrogen-bond donors (Lipinski definition) is 2. The van der Waals surface area contributed by atoms with Crippen molar-refractivity contribution in [1.29, 1.82) is 0 Å². The molecule has 0 aliphatic carbocycles. The summed E-state index contributed by atoms with van der Waals surface area (Å²) >= 11 is 0. The van der Waals surface area contributed by atoms with Crippen LogP contribution in [0.1, 0.15) is 68.5 Å². The molecule has 2 saturated heterocycles. The topological polar surface area (TPSA) is 121 Å². The number of rotatable bonds is 6. The SMILES string of the molecule is CC(=O)Nc1ccn([C@@H]2O[C@@H]3CO[Si](C(C)C)(C(C)C)O[Si](C(C)C)(C(C)C)O[C@H]3[C@H]2O)c(=O)n1. The molecule has 4 atom stereocenters. The molecule has 0 saturated carbocycles. The zero-order valence-electron chi connectivity index (χ0n) is 22.3. The highest BCUT2D eigenvalue weighted by Crippen LogP contribution is 2.48. The van der Waals surface area contributed by atoms with Crippen molar-refractivity contribution < 1.29 is 27.6 Å². The highest BCUT2D eigenvalue weighted by molar-refractivity contribution is 6.83. The van der Waals surface area contributed by atoms with Crippen LogP contribution in [0.25, 0.3) is 0 Å². The van der Waals surface area contributed by atoms with E-state index in [1.807, 2.05) is 0 Å². The fraction of sp³-hybridized carbons (Fsp3) is 0.783. The number of aliphatic hydroxyl groups excluding tert-OH is 1. The van der Waals surface area contributed by atoms with Crippen molar-refractivity contribution in [2.45, 2.75) is 109 Å². The lowest BCUT2D eigenvalue weighted by molar-refractivity contribution is -0.114. The van der Waals surface area contributed by atoms with Gasteiger partial charge in [-0.2, -0.15) is 4.98 Å². The number of carbonyl (C=O) groups is 1. The first-order valence-corrected chi connectivity index (χ1v) is 16.4. The number of hydrogen-bond acceptors (Lipinski definition) is 8. The van der Waals surface area contributed by atoms with E-state index >= 15 is 0 Å². The van der Waals surface area contributed by atoms with Crippen LogP contribution in [0.2, 0.25) is 22.2 Å². The lowest BCUT2D eigenvalue weighted by atomic mass is 10.1. The standard InChI is InChI=1S/C23H41N3O7Si2/c1-13(2)34(14(3)4)30-12-18-21(32-35(33-34,15(5)6)16(7)8)20(28)22(31-18)26-11-10-19(24-17(9)27)25-23(26)29/h10-11,13-16,18,20-22,28H,12H2,1-9H3,(H,24,25,27,29)/t18-,20-,21-,22-/m1/s1. The summed E-state index contributed by atoms with van der Waals surface area (Å²) in [5.74, 6) is -0.191. The monoisotopic (exact) mass is 527 g/mol. The Hall–Kier alpha value is -1.42. The summed E-state index contributed by atoms with van der Waals surface area (Å²) in [4.78, 5) is 28.0. The number of nitrogens with zero attached hydrogens (tertiary/aromatic N) is 2. The van der Waals surface area contributed by atoms with Gasteiger partial charge in [0.2, 0.25) is 5.91 Å². The number of aromatic nitrogens is 2. The summed E-state index contributed by atoms with van der Waals surface area (Å²) in [6.07, 6.45) is -1.96. The summed E-state index contributed by atoms with van der Waals surface area (Å²) in [7, 11) is -5.68. The molecule has 12 heteroatoms. The Balaban J connectivity index is 2.03. The molecular weight excluding hydrogens is 486 g/mol. The first kappa shape index (κ1) is 28.2. The predicted octanol–water partition coefficient (Wildman–Crippen LogP) is 3.42. The number of ether oxygens (including phenoxy) is 1. The van der Waals surface area contributed by atoms with Gasteiger partial charge in [0, 0.05) is 13.1 Å². The molecular formula is C23H41N3O7Si2. The van der Waals surface area contributed by atoms with Crippen molar-refractivity contribution in [3.8, 4) is 0 Å². The maximum atomic E-state index is 12.7. The van der Waals surface area contributed by atoms with Gasteiger partial charge < -0.3 is 28.1 Å². The molecule has 1 amide bonds. The first-order valence-electron chi connectivity index (χ1n) is 12.5. The number of anilines is 1. The van der Waals surface area contributed by atoms with Crippen molar-refractivity contribution in [2.75, 3.05) is 11.9 Å². The molecule has 0 bridgehead atoms. The Morgan fingerprint density at radius 3 is 2.14 bits per heavy atom. The second-order valence-corrected chi connectivity index (χ2v) is 19.6. The zero-order chi connectivity index (χ0) is 26.3. The Kier molecular flexibility index (Phi) is 8.46. The van der Waals surface area contributed by atoms with Gasteiger partial charge in [0.25, 0.3) is 0 Å². The Bertz CT molecular complexity index is 953. The van der Waals surface area contributed by atoms with Gasteiger partial charge in [0.15, 0.2) is 6.23 Å². The Morgan fingerprint density at radius 1 is 1.09 bits per heavy atom. The van der Waals surface area contributed by atoms with E-state index in [2.05, 4.69) is 65.7 Å². The molecule has 0 unspecified atom stereocenters. The number of nitrogens with one attached hydrogen (secondary N) is 1. The maximum Gasteiger partial charge on any atom is 0.351 e. The van der Waals surface area contributed by atoms with Crippen molar-refractivity contribution >= 4 is 28.8 Å². The van der Waals surface area contributed by atoms with Crippen LogP contribution in [0.15, 0.2) is 17.1 Å². The largest absolute Gasteiger partial charge is 0.414 e. The second kappa shape index (κ2) is 10.5. The molecule has 0 spiro atoms. The van der Waals surface area contributed by atoms with Crippen molar-refractivity contribution in [1.82, 2.24) is 9.55 Å². The van der Waals surface area contributed by atoms with Gasteiger partial charge in [-0.05, 0) is 28.2 Å². The first-order chi connectivity index (χ1) is 16.2. The average Bonchev–Trinajstić information content (AvgIpc) is 3.01. The molecule has 1 aromatic heterocycles. The van der Waals surface area contributed by atoms with Crippen LogP contribution in [0, 0.1) is 0 Å². The molecule has 3 heterocycles. The minimum absolute atomic E-state index is 0.0989. The van der Waals surface area contributed by atoms with Crippen LogP contribution in [0.4, 0.5) is 5.82 Å². The van der Waals surface area contributed by atoms with Crippen LogP contribution in [-0.2, 0) is 22.5 Å². The minimum Gasteiger partial charge on any atom is -0.414 e. The average molecular weight is 528 g/mol. The molecule has 2 aliphatic heterocycles. The van der Waals surface area contributed by atoms with E-state index in [9.17, 15) is 14.7 Å². The maximum absolute atomic E-state index is 12.7. The molecule has 35 heavy (non-hydrogen) atoms. The van der Waals surface area contributed by atoms with Gasteiger partial charge in [-0.1, -0.05) is 55.4 Å². The quantitative estimate of drug-likeness (QED) is 0.540. The van der Waals surface area contributed by atoms with Crippen molar-refractivity contribution in [3.05, 3.63) is 22.7 Å². The van der Waals surface area contributed by atoms with Crippen LogP contribution in [0.5, 0.6) is 0 Å². The Morgan fingerprint density at radius 2 is 1.66 bits per heavy atom. The third-order valence-electron chi connectivity index (χ3n) is 7.05. The van der Waals surface area contributed by atoms with Crippen LogP contribution in [-0.4, -0.2) is 62.6 Å². The van der Waals surface area contributed by atoms with Gasteiger partial charge in [-0.25, -0.2) is 4.79 Å². The van der Waals surface area contributed by atoms with Gasteiger partial charge in [0.1, 0.15) is 24.1 Å². The van der Waals surface area contributed by atoms with E-state index in [-0.39, 0.29) is 40.5 Å². The van der Waals surface area contributed by atoms with Crippen molar-refractivity contribution in [3.63, 3.8) is 0 Å². The molecule has 0 aromatic carbocycles. The van der Waals surface area contributed by atoms with Gasteiger partial charge in [-0.15, -0.1) is 0 Å². The van der Waals surface area contributed by atoms with E-state index < -0.39 is 47.4 Å². The zero-order valence-corrected chi connectivity index (χ0v) is 24.3. The van der Waals surface area contributed by atoms with Gasteiger partial charge >= 0.3 is 22.8 Å². The lowest BCUT2D eigenvalue weighted by Gasteiger charge is -2.51. The van der Waals surface area contributed by atoms with E-state index in [1.165, 1.54) is 23.8 Å². The number of fused-ring (bicyclic) bond motifs is 1. The van der Waals surface area contributed by atoms with E-state index in [0.29, 0.717) is 0 Å². The molecule has 2 N–H and O–H groups in total. The Labute approximate surface area is 209 Å². The summed E-state index contributed by atoms with van der Waals surface area (Å²) in [6, 6.07) is 1.50. The number of carbonyl (C=O) groups excluding carboxylic acids is 1. The van der Waals surface area contributed by atoms with Gasteiger partial charge in [0.05, 0.1) is 6.61 Å². The highest BCUT2D eigenvalue weighted by atomic mass is 28.5. The van der Waals surface area contributed by atoms with Crippen molar-refractivity contribution in [2.24, 2.45) is 0 Å². The summed E-state index contributed by atoms with van der Waals surface area (Å²) in [6.45, 7) is 18.5. The number of amides is 1. The lowest BCUT2D eigenvalue weighted by Crippen LogP contribution is -2.65. The minimum atomic E-state index is -2.93. The second-order valence-electron chi connectivity index (χ2n) is 10.8. The molecule has 198 valence electrons. The van der Waals surface area contributed by atoms with Crippen LogP contribution < -0.4 is 11.0 Å². The molecule has 10 nitrogen and oxygen atoms in total. The van der Waals surface area contributed by atoms with Crippen LogP contribution >= 0.6 is 0 Å².